The molecule has 0 bridgehead atoms. The highest BCUT2D eigenvalue weighted by atomic mass is 79.9. The molecule has 1 atom stereocenters. The number of carbonyl (C=O) groups excluding carboxylic acids is 1. The van der Waals surface area contributed by atoms with E-state index in [1.807, 2.05) is 48.5 Å². The number of methoxy groups -OCH3 is 2. The lowest BCUT2D eigenvalue weighted by atomic mass is 9.92. The zero-order valence-corrected chi connectivity index (χ0v) is 30.3. The van der Waals surface area contributed by atoms with E-state index in [0.29, 0.717) is 64.0 Å². The molecule has 0 radical (unpaired) electrons. The molecule has 252 valence electrons. The average molecular weight is 771 g/mol. The maximum absolute atomic E-state index is 14.4. The van der Waals surface area contributed by atoms with Gasteiger partial charge in [0.2, 0.25) is 0 Å². The Bertz CT molecular complexity index is 2350. The Morgan fingerprint density at radius 2 is 1.78 bits per heavy atom. The summed E-state index contributed by atoms with van der Waals surface area (Å²) in [4.78, 5) is 33.5. The predicted molar refractivity (Wildman–Crippen MR) is 195 cm³/mol. The van der Waals surface area contributed by atoms with Crippen molar-refractivity contribution >= 4 is 56.6 Å². The number of esters is 1. The minimum atomic E-state index is -0.962. The zero-order valence-electron chi connectivity index (χ0n) is 27.1. The summed E-state index contributed by atoms with van der Waals surface area (Å²) in [6.45, 7) is 2.09. The molecule has 0 N–H and O–H groups in total. The summed E-state index contributed by atoms with van der Waals surface area (Å²) < 4.78 is 25.5. The van der Waals surface area contributed by atoms with Crippen molar-refractivity contribution in [2.45, 2.75) is 19.6 Å². The number of thiazole rings is 1. The number of fused-ring (bicyclic) bond motifs is 1. The van der Waals surface area contributed by atoms with Crippen LogP contribution in [0.3, 0.4) is 0 Å². The molecule has 0 spiro atoms. The molecular weight excluding hydrogens is 742 g/mol. The van der Waals surface area contributed by atoms with Gasteiger partial charge in [0.15, 0.2) is 16.3 Å². The molecule has 0 unspecified atom stereocenters. The van der Waals surface area contributed by atoms with Crippen LogP contribution in [0.1, 0.15) is 40.8 Å². The molecule has 1 aromatic heterocycles. The lowest BCUT2D eigenvalue weighted by molar-refractivity contribution is -0.138. The third kappa shape index (κ3) is 6.96. The Kier molecular flexibility index (Phi) is 10.5. The number of hydrogen-bond acceptors (Lipinski definition) is 9. The molecule has 0 fully saturated rings. The molecule has 50 heavy (non-hydrogen) atoms. The SMILES string of the molecule is CCOC(=O)C1=C(c2ccccc2)N=c2s/c(=C\c3cc(Br)c(OCc4ccc(C#N)cc4)c(OC)c3)c(=O)n2[C@H]1c1cc(Cl)ccc1OC. The third-order valence-electron chi connectivity index (χ3n) is 7.88. The number of halogens is 2. The third-order valence-corrected chi connectivity index (χ3v) is 9.68. The summed E-state index contributed by atoms with van der Waals surface area (Å²) in [5, 5.41) is 9.49. The van der Waals surface area contributed by atoms with Crippen molar-refractivity contribution in [3.8, 4) is 23.3 Å². The Morgan fingerprint density at radius 3 is 2.46 bits per heavy atom. The lowest BCUT2D eigenvalue weighted by Gasteiger charge is -2.27. The highest BCUT2D eigenvalue weighted by Crippen LogP contribution is 2.40. The quantitative estimate of drug-likeness (QED) is 0.143. The zero-order chi connectivity index (χ0) is 35.4. The van der Waals surface area contributed by atoms with Crippen molar-refractivity contribution in [3.63, 3.8) is 0 Å². The maximum atomic E-state index is 14.4. The first kappa shape index (κ1) is 34.7. The summed E-state index contributed by atoms with van der Waals surface area (Å²) in [6.07, 6.45) is 1.74. The second-order valence-corrected chi connectivity index (χ2v) is 13.2. The molecule has 12 heteroatoms. The molecule has 0 amide bonds. The Hall–Kier alpha value is -5.15. The van der Waals surface area contributed by atoms with E-state index in [1.54, 1.807) is 49.4 Å². The first-order valence-corrected chi connectivity index (χ1v) is 17.4. The minimum absolute atomic E-state index is 0.123. The number of benzene rings is 4. The molecule has 0 aliphatic carbocycles. The van der Waals surface area contributed by atoms with Gasteiger partial charge in [-0.25, -0.2) is 9.79 Å². The van der Waals surface area contributed by atoms with E-state index in [4.69, 9.17) is 40.8 Å². The summed E-state index contributed by atoms with van der Waals surface area (Å²) in [7, 11) is 3.06. The Morgan fingerprint density at radius 1 is 1.04 bits per heavy atom. The van der Waals surface area contributed by atoms with Crippen LogP contribution in [-0.4, -0.2) is 31.4 Å². The van der Waals surface area contributed by atoms with Crippen molar-refractivity contribution < 1.29 is 23.7 Å². The average Bonchev–Trinajstić information content (AvgIpc) is 3.44. The van der Waals surface area contributed by atoms with Gasteiger partial charge in [0, 0.05) is 16.1 Å². The van der Waals surface area contributed by atoms with Crippen molar-refractivity contribution in [2.24, 2.45) is 4.99 Å². The normalized spacial score (nSPS) is 14.0. The maximum Gasteiger partial charge on any atom is 0.338 e. The highest BCUT2D eigenvalue weighted by molar-refractivity contribution is 9.10. The predicted octanol–water partition coefficient (Wildman–Crippen LogP) is 6.82. The molecular formula is C38H29BrClN3O6S. The molecule has 1 aliphatic heterocycles. The van der Waals surface area contributed by atoms with E-state index in [0.717, 1.165) is 5.56 Å². The summed E-state index contributed by atoms with van der Waals surface area (Å²) >= 11 is 11.3. The fraction of sp³-hybridized carbons (Fsp3) is 0.158. The van der Waals surface area contributed by atoms with Gasteiger partial charge in [-0.05, 0) is 82.5 Å². The van der Waals surface area contributed by atoms with E-state index >= 15 is 0 Å². The van der Waals surface area contributed by atoms with Crippen LogP contribution in [0.15, 0.2) is 105 Å². The molecule has 1 aliphatic rings. The van der Waals surface area contributed by atoms with Gasteiger partial charge >= 0.3 is 5.97 Å². The van der Waals surface area contributed by atoms with Crippen LogP contribution in [0.5, 0.6) is 17.2 Å². The fourth-order valence-electron chi connectivity index (χ4n) is 5.60. The van der Waals surface area contributed by atoms with Crippen LogP contribution in [-0.2, 0) is 16.1 Å². The lowest BCUT2D eigenvalue weighted by Crippen LogP contribution is -2.40. The van der Waals surface area contributed by atoms with Gasteiger partial charge in [-0.1, -0.05) is 65.4 Å². The summed E-state index contributed by atoms with van der Waals surface area (Å²) in [5.41, 5.74) is 3.50. The largest absolute Gasteiger partial charge is 0.496 e. The first-order chi connectivity index (χ1) is 24.3. The minimum Gasteiger partial charge on any atom is -0.496 e. The van der Waals surface area contributed by atoms with E-state index < -0.39 is 12.0 Å². The fourth-order valence-corrected chi connectivity index (χ4v) is 7.35. The van der Waals surface area contributed by atoms with Crippen LogP contribution in [0.4, 0.5) is 0 Å². The summed E-state index contributed by atoms with van der Waals surface area (Å²) in [5.74, 6) is 0.761. The monoisotopic (exact) mass is 769 g/mol. The molecule has 0 saturated carbocycles. The van der Waals surface area contributed by atoms with Crippen LogP contribution < -0.4 is 29.1 Å². The molecule has 6 rings (SSSR count). The number of nitriles is 1. The number of rotatable bonds is 10. The standard InChI is InChI=1S/C38H29BrClN3O6S/c1-4-48-37(45)32-33(25-8-6-5-7-9-25)42-38-43(34(32)27-19-26(40)14-15-29(27)46-2)36(44)31(50-38)18-24-16-28(39)35(30(17-24)47-3)49-21-23-12-10-22(20-41)11-13-23/h5-19,34H,4,21H2,1-3H3/b31-18-/t34-/m0/s1. The van der Waals surface area contributed by atoms with Crippen molar-refractivity contribution in [2.75, 3.05) is 20.8 Å². The van der Waals surface area contributed by atoms with E-state index in [-0.39, 0.29) is 24.3 Å². The number of carbonyl (C=O) groups is 1. The van der Waals surface area contributed by atoms with Gasteiger partial charge in [0.05, 0.1) is 52.7 Å². The van der Waals surface area contributed by atoms with Crippen LogP contribution >= 0.6 is 38.9 Å². The van der Waals surface area contributed by atoms with E-state index in [1.165, 1.54) is 30.1 Å². The Labute approximate surface area is 305 Å². The number of nitrogens with zero attached hydrogens (tertiary/aromatic N) is 3. The Balaban J connectivity index is 1.51. The molecule has 2 heterocycles. The van der Waals surface area contributed by atoms with Gasteiger partial charge in [-0.3, -0.25) is 9.36 Å². The van der Waals surface area contributed by atoms with Gasteiger partial charge in [-0.2, -0.15) is 5.26 Å². The molecule has 5 aromatic rings. The van der Waals surface area contributed by atoms with Crippen molar-refractivity contribution in [1.82, 2.24) is 4.57 Å². The van der Waals surface area contributed by atoms with Gasteiger partial charge < -0.3 is 18.9 Å². The summed E-state index contributed by atoms with van der Waals surface area (Å²) in [6, 6.07) is 26.2. The van der Waals surface area contributed by atoms with Crippen LogP contribution in [0.25, 0.3) is 11.8 Å². The van der Waals surface area contributed by atoms with Gasteiger partial charge in [-0.15, -0.1) is 0 Å². The first-order valence-electron chi connectivity index (χ1n) is 15.4. The van der Waals surface area contributed by atoms with Crippen LogP contribution in [0.2, 0.25) is 5.02 Å². The molecule has 0 saturated heterocycles. The van der Waals surface area contributed by atoms with E-state index in [2.05, 4.69) is 22.0 Å². The molecule has 9 nitrogen and oxygen atoms in total. The molecule has 4 aromatic carbocycles. The number of hydrogen-bond donors (Lipinski definition) is 0. The van der Waals surface area contributed by atoms with Crippen molar-refractivity contribution in [3.05, 3.63) is 148 Å². The van der Waals surface area contributed by atoms with E-state index in [9.17, 15) is 9.59 Å². The number of ether oxygens (including phenoxy) is 4. The topological polar surface area (TPSA) is 112 Å². The number of aromatic nitrogens is 1. The highest BCUT2D eigenvalue weighted by Gasteiger charge is 2.37. The van der Waals surface area contributed by atoms with Gasteiger partial charge in [0.25, 0.3) is 5.56 Å². The van der Waals surface area contributed by atoms with Crippen LogP contribution in [0, 0.1) is 11.3 Å². The smallest absolute Gasteiger partial charge is 0.338 e. The second-order valence-electron chi connectivity index (χ2n) is 10.9. The second kappa shape index (κ2) is 15.2. The van der Waals surface area contributed by atoms with Gasteiger partial charge in [0.1, 0.15) is 18.4 Å². The van der Waals surface area contributed by atoms with Crippen molar-refractivity contribution in [1.29, 1.82) is 5.26 Å².